The summed E-state index contributed by atoms with van der Waals surface area (Å²) in [5.74, 6) is 0.205. The number of hydrogen-bond donors (Lipinski definition) is 0. The fourth-order valence-electron chi connectivity index (χ4n) is 3.26. The molecule has 28 heavy (non-hydrogen) atoms. The van der Waals surface area contributed by atoms with Crippen molar-refractivity contribution < 1.29 is 18.6 Å². The van der Waals surface area contributed by atoms with Crippen LogP contribution in [0.5, 0.6) is 0 Å². The predicted octanol–water partition coefficient (Wildman–Crippen LogP) is 4.09. The van der Waals surface area contributed by atoms with Gasteiger partial charge in [0, 0.05) is 44.8 Å². The molecule has 1 rings (SSSR count). The van der Waals surface area contributed by atoms with E-state index in [1.165, 1.54) is 0 Å². The molecule has 0 bridgehead atoms. The quantitative estimate of drug-likeness (QED) is 0.333. The number of nitriles is 1. The van der Waals surface area contributed by atoms with Crippen LogP contribution in [0.25, 0.3) is 0 Å². The lowest BCUT2D eigenvalue weighted by Crippen LogP contribution is -2.41. The molecule has 0 spiro atoms. The van der Waals surface area contributed by atoms with Crippen LogP contribution < -0.4 is 0 Å². The van der Waals surface area contributed by atoms with Gasteiger partial charge < -0.3 is 18.7 Å². The van der Waals surface area contributed by atoms with Crippen LogP contribution in [0.15, 0.2) is 0 Å². The number of amides is 1. The summed E-state index contributed by atoms with van der Waals surface area (Å²) >= 11 is 0. The van der Waals surface area contributed by atoms with E-state index in [-0.39, 0.29) is 12.0 Å². The molecule has 1 heterocycles. The Morgan fingerprint density at radius 3 is 2.39 bits per heavy atom. The average molecular weight is 416 g/mol. The van der Waals surface area contributed by atoms with E-state index in [0.717, 1.165) is 32.4 Å². The molecule has 1 unspecified atom stereocenters. The van der Waals surface area contributed by atoms with E-state index < -0.39 is 8.53 Å². The van der Waals surface area contributed by atoms with Crippen LogP contribution in [-0.2, 0) is 18.6 Å². The highest BCUT2D eigenvalue weighted by molar-refractivity contribution is 7.44. The van der Waals surface area contributed by atoms with Gasteiger partial charge in [-0.3, -0.25) is 4.79 Å². The second-order valence-electron chi connectivity index (χ2n) is 7.53. The molecule has 0 aromatic carbocycles. The maximum absolute atomic E-state index is 12.3. The summed E-state index contributed by atoms with van der Waals surface area (Å²) in [4.78, 5) is 14.3. The summed E-state index contributed by atoms with van der Waals surface area (Å²) in [6.07, 6.45) is 3.41. The molecule has 0 aliphatic carbocycles. The molecular formula is C20H38N3O4P. The maximum atomic E-state index is 12.3. The van der Waals surface area contributed by atoms with Crippen molar-refractivity contribution in [3.05, 3.63) is 0 Å². The highest BCUT2D eigenvalue weighted by Gasteiger charge is 2.32. The summed E-state index contributed by atoms with van der Waals surface area (Å²) in [6.45, 7) is 13.7. The molecule has 1 aliphatic heterocycles. The molecule has 1 aliphatic rings. The van der Waals surface area contributed by atoms with Gasteiger partial charge in [-0.25, -0.2) is 4.67 Å². The molecule has 1 saturated heterocycles. The minimum Gasteiger partial charge on any atom is -0.382 e. The van der Waals surface area contributed by atoms with Gasteiger partial charge in [-0.2, -0.15) is 5.26 Å². The van der Waals surface area contributed by atoms with Gasteiger partial charge >= 0.3 is 0 Å². The van der Waals surface area contributed by atoms with Crippen LogP contribution in [0.2, 0.25) is 0 Å². The number of ether oxygens (including phenoxy) is 1. The van der Waals surface area contributed by atoms with Gasteiger partial charge in [-0.05, 0) is 53.9 Å². The number of piperidine rings is 1. The monoisotopic (exact) mass is 415 g/mol. The van der Waals surface area contributed by atoms with Crippen molar-refractivity contribution in [2.24, 2.45) is 0 Å². The van der Waals surface area contributed by atoms with Crippen LogP contribution in [0.3, 0.4) is 0 Å². The van der Waals surface area contributed by atoms with Gasteiger partial charge in [0.25, 0.3) is 8.53 Å². The van der Waals surface area contributed by atoms with Crippen molar-refractivity contribution in [3.8, 4) is 6.07 Å². The highest BCUT2D eigenvalue weighted by atomic mass is 31.2. The van der Waals surface area contributed by atoms with Gasteiger partial charge in [-0.1, -0.05) is 0 Å². The van der Waals surface area contributed by atoms with Crippen LogP contribution in [0, 0.1) is 11.3 Å². The number of rotatable bonds is 13. The first-order chi connectivity index (χ1) is 13.4. The number of nitrogens with zero attached hydrogens (tertiary/aromatic N) is 3. The molecule has 7 nitrogen and oxygen atoms in total. The fourth-order valence-corrected chi connectivity index (χ4v) is 5.03. The van der Waals surface area contributed by atoms with E-state index in [9.17, 15) is 4.79 Å². The summed E-state index contributed by atoms with van der Waals surface area (Å²) in [6, 6.07) is 2.71. The van der Waals surface area contributed by atoms with Gasteiger partial charge in [0.1, 0.15) is 0 Å². The first-order valence-corrected chi connectivity index (χ1v) is 11.6. The van der Waals surface area contributed by atoms with Crippen molar-refractivity contribution in [1.82, 2.24) is 9.57 Å². The Morgan fingerprint density at radius 1 is 1.21 bits per heavy atom. The molecular weight excluding hydrogens is 377 g/mol. The van der Waals surface area contributed by atoms with Crippen molar-refractivity contribution >= 4 is 14.4 Å². The number of carbonyl (C=O) groups excluding carboxylic acids is 1. The summed E-state index contributed by atoms with van der Waals surface area (Å²) in [5.41, 5.74) is 0. The summed E-state index contributed by atoms with van der Waals surface area (Å²) in [5, 5.41) is 8.81. The van der Waals surface area contributed by atoms with E-state index in [2.05, 4.69) is 38.4 Å². The maximum Gasteiger partial charge on any atom is 0.259 e. The van der Waals surface area contributed by atoms with Gasteiger partial charge in [0.15, 0.2) is 0 Å². The lowest BCUT2D eigenvalue weighted by Gasteiger charge is -2.39. The Morgan fingerprint density at radius 2 is 1.86 bits per heavy atom. The third-order valence-electron chi connectivity index (χ3n) is 4.58. The molecule has 0 radical (unpaired) electrons. The van der Waals surface area contributed by atoms with E-state index in [0.29, 0.717) is 44.7 Å². The zero-order valence-corrected chi connectivity index (χ0v) is 19.1. The van der Waals surface area contributed by atoms with Crippen molar-refractivity contribution in [1.29, 1.82) is 5.26 Å². The van der Waals surface area contributed by atoms with E-state index in [4.69, 9.17) is 19.0 Å². The molecule has 0 aromatic heterocycles. The molecule has 1 amide bonds. The van der Waals surface area contributed by atoms with E-state index >= 15 is 0 Å². The largest absolute Gasteiger partial charge is 0.382 e. The molecule has 162 valence electrons. The standard InChI is InChI=1S/C20H38N3O4P/c1-6-25-15-7-9-20(24)22-13-10-19(11-14-22)27-28(26-16-8-12-21)23(17(2)3)18(4)5/h17-19H,6-11,13-16H2,1-5H3. The fraction of sp³-hybridized carbons (Fsp3) is 0.900. The smallest absolute Gasteiger partial charge is 0.259 e. The lowest BCUT2D eigenvalue weighted by atomic mass is 10.1. The molecule has 1 fully saturated rings. The van der Waals surface area contributed by atoms with Crippen molar-refractivity contribution in [2.45, 2.75) is 84.9 Å². The van der Waals surface area contributed by atoms with Crippen LogP contribution in [0.4, 0.5) is 0 Å². The van der Waals surface area contributed by atoms with Crippen LogP contribution in [-0.4, -0.2) is 66.6 Å². The normalized spacial score (nSPS) is 16.8. The van der Waals surface area contributed by atoms with E-state index in [1.807, 2.05) is 11.8 Å². The molecule has 1 atom stereocenters. The minimum absolute atomic E-state index is 0.0840. The van der Waals surface area contributed by atoms with Crippen LogP contribution >= 0.6 is 8.53 Å². The zero-order valence-electron chi connectivity index (χ0n) is 18.2. The van der Waals surface area contributed by atoms with E-state index in [1.54, 1.807) is 0 Å². The van der Waals surface area contributed by atoms with Crippen LogP contribution in [0.1, 0.15) is 66.7 Å². The Hall–Kier alpha value is -0.770. The Bertz CT molecular complexity index is 469. The molecule has 0 N–H and O–H groups in total. The van der Waals surface area contributed by atoms with Crippen molar-refractivity contribution in [2.75, 3.05) is 32.9 Å². The Labute approximate surface area is 172 Å². The second kappa shape index (κ2) is 14.3. The number of hydrogen-bond acceptors (Lipinski definition) is 6. The first-order valence-electron chi connectivity index (χ1n) is 10.5. The zero-order chi connectivity index (χ0) is 20.9. The van der Waals surface area contributed by atoms with Crippen molar-refractivity contribution in [3.63, 3.8) is 0 Å². The lowest BCUT2D eigenvalue weighted by molar-refractivity contribution is -0.133. The molecule has 8 heteroatoms. The Balaban J connectivity index is 2.53. The average Bonchev–Trinajstić information content (AvgIpc) is 2.65. The minimum atomic E-state index is -1.22. The summed E-state index contributed by atoms with van der Waals surface area (Å²) < 4.78 is 19.9. The SMILES string of the molecule is CCOCCCC(=O)N1CCC(OP(OCCC#N)N(C(C)C)C(C)C)CC1. The topological polar surface area (TPSA) is 75.0 Å². The third kappa shape index (κ3) is 9.15. The molecule has 0 aromatic rings. The van der Waals surface area contributed by atoms with Gasteiger partial charge in [0.2, 0.25) is 5.91 Å². The number of carbonyl (C=O) groups is 1. The summed E-state index contributed by atoms with van der Waals surface area (Å²) in [7, 11) is -1.22. The molecule has 0 saturated carbocycles. The van der Waals surface area contributed by atoms with Gasteiger partial charge in [-0.15, -0.1) is 0 Å². The predicted molar refractivity (Wildman–Crippen MR) is 112 cm³/mol. The Kier molecular flexibility index (Phi) is 12.9. The second-order valence-corrected chi connectivity index (χ2v) is 8.94. The third-order valence-corrected chi connectivity index (χ3v) is 6.76. The van der Waals surface area contributed by atoms with Gasteiger partial charge in [0.05, 0.1) is 25.2 Å². The highest BCUT2D eigenvalue weighted by Crippen LogP contribution is 2.48. The number of likely N-dealkylation sites (tertiary alicyclic amines) is 1. The first kappa shape index (κ1) is 25.3.